The van der Waals surface area contributed by atoms with Gasteiger partial charge in [-0.1, -0.05) is 19.4 Å². The fraction of sp³-hybridized carbons (Fsp3) is 0.263. The molecule has 1 N–H and O–H groups in total. The number of hydrogen-bond acceptors (Lipinski definition) is 4. The number of benzene rings is 1. The van der Waals surface area contributed by atoms with Gasteiger partial charge in [-0.15, -0.1) is 0 Å². The van der Waals surface area contributed by atoms with Crippen LogP contribution in [0.5, 0.6) is 0 Å². The lowest BCUT2D eigenvalue weighted by Gasteiger charge is -2.08. The molecule has 0 aliphatic rings. The molecule has 0 unspecified atom stereocenters. The summed E-state index contributed by atoms with van der Waals surface area (Å²) < 4.78 is 3.36. The van der Waals surface area contributed by atoms with E-state index in [1.54, 1.807) is 18.2 Å². The summed E-state index contributed by atoms with van der Waals surface area (Å²) in [5.41, 5.74) is 2.21. The molecule has 0 saturated heterocycles. The third kappa shape index (κ3) is 3.89. The normalized spacial score (nSPS) is 10.7. The Labute approximate surface area is 156 Å². The summed E-state index contributed by atoms with van der Waals surface area (Å²) in [7, 11) is 1.89. The highest BCUT2D eigenvalue weighted by Crippen LogP contribution is 2.24. The molecular weight excluding hydrogens is 346 g/mol. The second-order valence-corrected chi connectivity index (χ2v) is 6.22. The van der Waals surface area contributed by atoms with Crippen LogP contribution in [0.4, 0.5) is 5.69 Å². The predicted octanol–water partition coefficient (Wildman–Crippen LogP) is 3.32. The van der Waals surface area contributed by atoms with E-state index in [4.69, 9.17) is 0 Å². The van der Waals surface area contributed by atoms with Gasteiger partial charge in [0.2, 0.25) is 0 Å². The summed E-state index contributed by atoms with van der Waals surface area (Å²) >= 11 is 0. The molecule has 0 atom stereocenters. The summed E-state index contributed by atoms with van der Waals surface area (Å²) in [6, 6.07) is 11.6. The molecule has 0 saturated carbocycles. The Morgan fingerprint density at radius 1 is 1.26 bits per heavy atom. The van der Waals surface area contributed by atoms with Gasteiger partial charge in [0, 0.05) is 31.9 Å². The van der Waals surface area contributed by atoms with Crippen LogP contribution in [0.15, 0.2) is 48.7 Å². The maximum absolute atomic E-state index is 12.7. The third-order valence-corrected chi connectivity index (χ3v) is 4.25. The van der Waals surface area contributed by atoms with E-state index in [0.29, 0.717) is 23.6 Å². The Bertz CT molecular complexity index is 973. The van der Waals surface area contributed by atoms with Crippen LogP contribution in [0.2, 0.25) is 0 Å². The van der Waals surface area contributed by atoms with E-state index < -0.39 is 4.92 Å². The Kier molecular flexibility index (Phi) is 5.35. The number of unbranched alkanes of at least 4 members (excludes halogenated alkanes) is 1. The molecule has 0 bridgehead atoms. The number of hydrogen-bond donors (Lipinski definition) is 1. The highest BCUT2D eigenvalue weighted by molar-refractivity contribution is 5.94. The Balaban J connectivity index is 2.06. The number of aryl methyl sites for hydroxylation is 1. The lowest BCUT2D eigenvalue weighted by molar-refractivity contribution is -0.384. The Morgan fingerprint density at radius 2 is 2.07 bits per heavy atom. The lowest BCUT2D eigenvalue weighted by atomic mass is 10.2. The van der Waals surface area contributed by atoms with Crippen LogP contribution in [-0.2, 0) is 7.05 Å². The van der Waals surface area contributed by atoms with E-state index in [1.807, 2.05) is 36.9 Å². The van der Waals surface area contributed by atoms with Gasteiger partial charge in [0.05, 0.1) is 16.3 Å². The molecule has 2 aromatic heterocycles. The minimum atomic E-state index is -0.466. The first-order valence-electron chi connectivity index (χ1n) is 8.76. The van der Waals surface area contributed by atoms with Gasteiger partial charge in [-0.3, -0.25) is 14.9 Å². The summed E-state index contributed by atoms with van der Waals surface area (Å²) in [5.74, 6) is -0.261. The second kappa shape index (κ2) is 7.86. The zero-order chi connectivity index (χ0) is 19.4. The smallest absolute Gasteiger partial charge is 0.271 e. The molecule has 3 aromatic rings. The average molecular weight is 367 g/mol. The second-order valence-electron chi connectivity index (χ2n) is 6.22. The van der Waals surface area contributed by atoms with Crippen molar-refractivity contribution < 1.29 is 9.72 Å². The van der Waals surface area contributed by atoms with Crippen LogP contribution in [0, 0.1) is 10.1 Å². The average Bonchev–Trinajstić information content (AvgIpc) is 3.28. The van der Waals surface area contributed by atoms with E-state index in [2.05, 4.69) is 10.4 Å². The summed E-state index contributed by atoms with van der Waals surface area (Å²) in [5, 5.41) is 18.5. The monoisotopic (exact) mass is 367 g/mol. The fourth-order valence-electron chi connectivity index (χ4n) is 2.80. The minimum Gasteiger partial charge on any atom is -0.351 e. The van der Waals surface area contributed by atoms with Crippen LogP contribution in [0.1, 0.15) is 30.3 Å². The van der Waals surface area contributed by atoms with Gasteiger partial charge in [0.25, 0.3) is 11.6 Å². The molecule has 140 valence electrons. The van der Waals surface area contributed by atoms with Crippen molar-refractivity contribution in [3.8, 4) is 17.1 Å². The van der Waals surface area contributed by atoms with E-state index in [-0.39, 0.29) is 11.6 Å². The molecule has 0 spiro atoms. The van der Waals surface area contributed by atoms with Crippen molar-refractivity contribution in [3.63, 3.8) is 0 Å². The van der Waals surface area contributed by atoms with Gasteiger partial charge < -0.3 is 9.88 Å². The predicted molar refractivity (Wildman–Crippen MR) is 102 cm³/mol. The van der Waals surface area contributed by atoms with E-state index in [0.717, 1.165) is 18.5 Å². The zero-order valence-corrected chi connectivity index (χ0v) is 15.3. The fourth-order valence-corrected chi connectivity index (χ4v) is 2.80. The van der Waals surface area contributed by atoms with Crippen molar-refractivity contribution in [1.82, 2.24) is 19.7 Å². The standard InChI is InChI=1S/C19H21N5O3/c1-3-4-10-20-19(25)18-13-16(17-9-6-11-22(17)2)21-23(18)14-7-5-8-15(12-14)24(26)27/h5-9,11-13H,3-4,10H2,1-2H3,(H,20,25). The quantitative estimate of drug-likeness (QED) is 0.394. The van der Waals surface area contributed by atoms with Crippen molar-refractivity contribution in [2.45, 2.75) is 19.8 Å². The van der Waals surface area contributed by atoms with E-state index in [1.165, 1.54) is 16.8 Å². The van der Waals surface area contributed by atoms with E-state index >= 15 is 0 Å². The largest absolute Gasteiger partial charge is 0.351 e. The molecule has 27 heavy (non-hydrogen) atoms. The minimum absolute atomic E-state index is 0.0549. The molecule has 8 nitrogen and oxygen atoms in total. The van der Waals surface area contributed by atoms with Crippen molar-refractivity contribution >= 4 is 11.6 Å². The zero-order valence-electron chi connectivity index (χ0n) is 15.3. The van der Waals surface area contributed by atoms with Gasteiger partial charge in [0.1, 0.15) is 11.4 Å². The molecule has 1 aromatic carbocycles. The number of nitro groups is 1. The van der Waals surface area contributed by atoms with Crippen molar-refractivity contribution in [2.75, 3.05) is 6.54 Å². The van der Waals surface area contributed by atoms with Crippen LogP contribution >= 0.6 is 0 Å². The highest BCUT2D eigenvalue weighted by atomic mass is 16.6. The number of carbonyl (C=O) groups is 1. The topological polar surface area (TPSA) is 95.0 Å². The van der Waals surface area contributed by atoms with Gasteiger partial charge in [-0.2, -0.15) is 5.10 Å². The lowest BCUT2D eigenvalue weighted by Crippen LogP contribution is -2.26. The molecule has 0 fully saturated rings. The number of nitrogens with one attached hydrogen (secondary N) is 1. The molecule has 2 heterocycles. The first kappa shape index (κ1) is 18.4. The number of aromatic nitrogens is 3. The molecule has 0 radical (unpaired) electrons. The number of non-ortho nitro benzene ring substituents is 1. The Hall–Kier alpha value is -3.42. The number of nitrogens with zero attached hydrogens (tertiary/aromatic N) is 4. The summed E-state index contributed by atoms with van der Waals surface area (Å²) in [6.07, 6.45) is 3.74. The Morgan fingerprint density at radius 3 is 2.74 bits per heavy atom. The number of amides is 1. The van der Waals surface area contributed by atoms with Crippen LogP contribution < -0.4 is 5.32 Å². The maximum Gasteiger partial charge on any atom is 0.271 e. The number of nitro benzene ring substituents is 1. The molecule has 0 aliphatic heterocycles. The van der Waals surface area contributed by atoms with Crippen molar-refractivity contribution in [2.24, 2.45) is 7.05 Å². The first-order valence-corrected chi connectivity index (χ1v) is 8.76. The summed E-state index contributed by atoms with van der Waals surface area (Å²) in [6.45, 7) is 2.61. The van der Waals surface area contributed by atoms with Crippen molar-refractivity contribution in [3.05, 3.63) is 64.5 Å². The molecule has 1 amide bonds. The summed E-state index contributed by atoms with van der Waals surface area (Å²) in [4.78, 5) is 23.3. The van der Waals surface area contributed by atoms with Crippen LogP contribution in [0.25, 0.3) is 17.1 Å². The first-order chi connectivity index (χ1) is 13.0. The van der Waals surface area contributed by atoms with Crippen molar-refractivity contribution in [1.29, 1.82) is 0 Å². The van der Waals surface area contributed by atoms with Crippen LogP contribution in [-0.4, -0.2) is 31.7 Å². The number of rotatable bonds is 7. The van der Waals surface area contributed by atoms with Gasteiger partial charge in [0.15, 0.2) is 0 Å². The molecule has 8 heteroatoms. The molecule has 0 aliphatic carbocycles. The van der Waals surface area contributed by atoms with Crippen LogP contribution in [0.3, 0.4) is 0 Å². The SMILES string of the molecule is CCCCNC(=O)c1cc(-c2cccn2C)nn1-c1cccc([N+](=O)[O-])c1. The highest BCUT2D eigenvalue weighted by Gasteiger charge is 2.19. The maximum atomic E-state index is 12.7. The van der Waals surface area contributed by atoms with E-state index in [9.17, 15) is 14.9 Å². The molecule has 3 rings (SSSR count). The number of carbonyl (C=O) groups excluding carboxylic acids is 1. The molecular formula is C19H21N5O3. The van der Waals surface area contributed by atoms with Gasteiger partial charge >= 0.3 is 0 Å². The third-order valence-electron chi connectivity index (χ3n) is 4.25. The van der Waals surface area contributed by atoms with Gasteiger partial charge in [-0.05, 0) is 30.7 Å². The van der Waals surface area contributed by atoms with Gasteiger partial charge in [-0.25, -0.2) is 4.68 Å².